The standard InChI is InChI=1S/C15H21FN2O2/c1-15(2,3)18-8-6-17(7-9-18)14(20)12-5-4-11(16)10-13(12)19/h4-5,10,19H,6-9H2,1-3H3. The highest BCUT2D eigenvalue weighted by Crippen LogP contribution is 2.22. The molecule has 1 N–H and O–H groups in total. The topological polar surface area (TPSA) is 43.8 Å². The summed E-state index contributed by atoms with van der Waals surface area (Å²) in [7, 11) is 0. The number of amides is 1. The molecule has 1 aromatic rings. The molecule has 1 fully saturated rings. The van der Waals surface area contributed by atoms with E-state index in [1.807, 2.05) is 0 Å². The second kappa shape index (κ2) is 5.40. The lowest BCUT2D eigenvalue weighted by Crippen LogP contribution is -2.54. The predicted molar refractivity (Wildman–Crippen MR) is 75.3 cm³/mol. The number of phenols is 1. The number of benzene rings is 1. The number of aromatic hydroxyl groups is 1. The van der Waals surface area contributed by atoms with Gasteiger partial charge >= 0.3 is 0 Å². The van der Waals surface area contributed by atoms with Gasteiger partial charge in [-0.3, -0.25) is 9.69 Å². The SMILES string of the molecule is CC(C)(C)N1CCN(C(=O)c2ccc(F)cc2O)CC1. The first kappa shape index (κ1) is 14.8. The van der Waals surface area contributed by atoms with Crippen molar-refractivity contribution in [3.63, 3.8) is 0 Å². The molecule has 0 bridgehead atoms. The normalized spacial score (nSPS) is 17.3. The zero-order chi connectivity index (χ0) is 14.9. The van der Waals surface area contributed by atoms with E-state index in [2.05, 4.69) is 25.7 Å². The first-order valence-corrected chi connectivity index (χ1v) is 6.82. The summed E-state index contributed by atoms with van der Waals surface area (Å²) in [6.45, 7) is 9.29. The molecule has 0 aromatic heterocycles. The molecule has 1 aliphatic heterocycles. The number of carbonyl (C=O) groups is 1. The van der Waals surface area contributed by atoms with E-state index in [1.54, 1.807) is 4.90 Å². The van der Waals surface area contributed by atoms with Crippen molar-refractivity contribution in [1.82, 2.24) is 9.80 Å². The van der Waals surface area contributed by atoms with Crippen LogP contribution in [0.1, 0.15) is 31.1 Å². The molecule has 1 amide bonds. The maximum Gasteiger partial charge on any atom is 0.257 e. The molecule has 0 unspecified atom stereocenters. The first-order valence-electron chi connectivity index (χ1n) is 6.82. The minimum Gasteiger partial charge on any atom is -0.507 e. The summed E-state index contributed by atoms with van der Waals surface area (Å²) in [6.07, 6.45) is 0. The number of hydrogen-bond donors (Lipinski definition) is 1. The number of carbonyl (C=O) groups excluding carboxylic acids is 1. The van der Waals surface area contributed by atoms with Gasteiger partial charge in [0.25, 0.3) is 5.91 Å². The highest BCUT2D eigenvalue weighted by atomic mass is 19.1. The number of piperazine rings is 1. The van der Waals surface area contributed by atoms with Crippen LogP contribution in [0.2, 0.25) is 0 Å². The molecule has 0 aliphatic carbocycles. The summed E-state index contributed by atoms with van der Waals surface area (Å²) in [5.41, 5.74) is 0.253. The van der Waals surface area contributed by atoms with Gasteiger partial charge in [0, 0.05) is 37.8 Å². The van der Waals surface area contributed by atoms with E-state index in [0.29, 0.717) is 13.1 Å². The van der Waals surface area contributed by atoms with E-state index in [0.717, 1.165) is 19.2 Å². The van der Waals surface area contributed by atoms with Gasteiger partial charge in [0.2, 0.25) is 0 Å². The zero-order valence-corrected chi connectivity index (χ0v) is 12.2. The molecule has 1 aromatic carbocycles. The van der Waals surface area contributed by atoms with Crippen LogP contribution in [0.25, 0.3) is 0 Å². The number of rotatable bonds is 1. The van der Waals surface area contributed by atoms with E-state index >= 15 is 0 Å². The van der Waals surface area contributed by atoms with Crippen molar-refractivity contribution in [3.05, 3.63) is 29.6 Å². The lowest BCUT2D eigenvalue weighted by molar-refractivity contribution is 0.0449. The van der Waals surface area contributed by atoms with Crippen molar-refractivity contribution in [2.24, 2.45) is 0 Å². The molecule has 4 nitrogen and oxygen atoms in total. The molecule has 5 heteroatoms. The van der Waals surface area contributed by atoms with E-state index < -0.39 is 5.82 Å². The maximum absolute atomic E-state index is 12.9. The Morgan fingerprint density at radius 3 is 2.30 bits per heavy atom. The highest BCUT2D eigenvalue weighted by molar-refractivity contribution is 5.96. The minimum atomic E-state index is -0.545. The lowest BCUT2D eigenvalue weighted by Gasteiger charge is -2.42. The number of hydrogen-bond acceptors (Lipinski definition) is 3. The summed E-state index contributed by atoms with van der Waals surface area (Å²) >= 11 is 0. The minimum absolute atomic E-state index is 0.0904. The second-order valence-electron chi connectivity index (χ2n) is 6.11. The monoisotopic (exact) mass is 280 g/mol. The van der Waals surface area contributed by atoms with E-state index in [4.69, 9.17) is 0 Å². The van der Waals surface area contributed by atoms with E-state index in [-0.39, 0.29) is 22.8 Å². The summed E-state index contributed by atoms with van der Waals surface area (Å²) in [5, 5.41) is 9.68. The maximum atomic E-state index is 12.9. The van der Waals surface area contributed by atoms with Crippen LogP contribution in [-0.4, -0.2) is 52.5 Å². The Kier molecular flexibility index (Phi) is 3.99. The van der Waals surface area contributed by atoms with Crippen LogP contribution in [0.3, 0.4) is 0 Å². The fourth-order valence-electron chi connectivity index (χ4n) is 2.44. The Bertz CT molecular complexity index is 503. The molecule has 1 saturated heterocycles. The van der Waals surface area contributed by atoms with Crippen molar-refractivity contribution in [3.8, 4) is 5.75 Å². The van der Waals surface area contributed by atoms with Crippen LogP contribution < -0.4 is 0 Å². The van der Waals surface area contributed by atoms with Crippen molar-refractivity contribution >= 4 is 5.91 Å². The van der Waals surface area contributed by atoms with Crippen LogP contribution in [-0.2, 0) is 0 Å². The van der Waals surface area contributed by atoms with Crippen molar-refractivity contribution in [1.29, 1.82) is 0 Å². The molecule has 0 spiro atoms. The quantitative estimate of drug-likeness (QED) is 0.856. The molecule has 110 valence electrons. The third-order valence-corrected chi connectivity index (χ3v) is 3.71. The number of nitrogens with zero attached hydrogens (tertiary/aromatic N) is 2. The van der Waals surface area contributed by atoms with E-state index in [9.17, 15) is 14.3 Å². The van der Waals surface area contributed by atoms with Gasteiger partial charge in [0.1, 0.15) is 11.6 Å². The first-order chi connectivity index (χ1) is 9.29. The van der Waals surface area contributed by atoms with Crippen LogP contribution in [0, 0.1) is 5.82 Å². The fourth-order valence-corrected chi connectivity index (χ4v) is 2.44. The summed E-state index contributed by atoms with van der Waals surface area (Å²) in [5.74, 6) is -1.08. The fraction of sp³-hybridized carbons (Fsp3) is 0.533. The van der Waals surface area contributed by atoms with Gasteiger partial charge in [0.05, 0.1) is 5.56 Å². The summed E-state index contributed by atoms with van der Waals surface area (Å²) in [4.78, 5) is 16.3. The molecule has 0 atom stereocenters. The van der Waals surface area contributed by atoms with Gasteiger partial charge in [-0.05, 0) is 32.9 Å². The Balaban J connectivity index is 2.05. The zero-order valence-electron chi connectivity index (χ0n) is 12.2. The van der Waals surface area contributed by atoms with Crippen molar-refractivity contribution in [2.45, 2.75) is 26.3 Å². The predicted octanol–water partition coefficient (Wildman–Crippen LogP) is 2.09. The Labute approximate surface area is 118 Å². The van der Waals surface area contributed by atoms with Crippen molar-refractivity contribution < 1.29 is 14.3 Å². The van der Waals surface area contributed by atoms with Gasteiger partial charge in [-0.1, -0.05) is 0 Å². The number of phenolic OH excluding ortho intramolecular Hbond substituents is 1. The second-order valence-corrected chi connectivity index (χ2v) is 6.11. The van der Waals surface area contributed by atoms with Crippen LogP contribution in [0.15, 0.2) is 18.2 Å². The largest absolute Gasteiger partial charge is 0.507 e. The van der Waals surface area contributed by atoms with Crippen molar-refractivity contribution in [2.75, 3.05) is 26.2 Å². The molecule has 1 aliphatic rings. The smallest absolute Gasteiger partial charge is 0.257 e. The van der Waals surface area contributed by atoms with Gasteiger partial charge < -0.3 is 10.0 Å². The van der Waals surface area contributed by atoms with Gasteiger partial charge in [-0.15, -0.1) is 0 Å². The highest BCUT2D eigenvalue weighted by Gasteiger charge is 2.28. The van der Waals surface area contributed by atoms with Crippen LogP contribution >= 0.6 is 0 Å². The Morgan fingerprint density at radius 1 is 1.20 bits per heavy atom. The molecular formula is C15H21FN2O2. The number of halogens is 1. The van der Waals surface area contributed by atoms with Crippen LogP contribution in [0.5, 0.6) is 5.75 Å². The lowest BCUT2D eigenvalue weighted by atomic mass is 10.0. The van der Waals surface area contributed by atoms with Gasteiger partial charge in [0.15, 0.2) is 0 Å². The van der Waals surface area contributed by atoms with Gasteiger partial charge in [-0.2, -0.15) is 0 Å². The third kappa shape index (κ3) is 3.10. The Morgan fingerprint density at radius 2 is 1.80 bits per heavy atom. The molecular weight excluding hydrogens is 259 g/mol. The molecule has 1 heterocycles. The third-order valence-electron chi connectivity index (χ3n) is 3.71. The molecule has 20 heavy (non-hydrogen) atoms. The summed E-state index contributed by atoms with van der Waals surface area (Å²) in [6, 6.07) is 3.50. The average Bonchev–Trinajstić information content (AvgIpc) is 2.37. The van der Waals surface area contributed by atoms with Gasteiger partial charge in [-0.25, -0.2) is 4.39 Å². The molecule has 0 radical (unpaired) electrons. The van der Waals surface area contributed by atoms with Crippen LogP contribution in [0.4, 0.5) is 4.39 Å². The summed E-state index contributed by atoms with van der Waals surface area (Å²) < 4.78 is 12.9. The molecule has 0 saturated carbocycles. The van der Waals surface area contributed by atoms with E-state index in [1.165, 1.54) is 12.1 Å². The Hall–Kier alpha value is -1.62. The average molecular weight is 280 g/mol. The molecule has 2 rings (SSSR count).